The second kappa shape index (κ2) is 9.62. The fourth-order valence-corrected chi connectivity index (χ4v) is 2.30. The summed E-state index contributed by atoms with van der Waals surface area (Å²) >= 11 is 0. The molecule has 0 atom stereocenters. The number of benzene rings is 1. The van der Waals surface area contributed by atoms with E-state index in [9.17, 15) is 4.79 Å². The van der Waals surface area contributed by atoms with Gasteiger partial charge in [-0.1, -0.05) is 30.3 Å². The molecule has 24 heavy (non-hydrogen) atoms. The van der Waals surface area contributed by atoms with Gasteiger partial charge in [0.2, 0.25) is 0 Å². The number of amides is 1. The lowest BCUT2D eigenvalue weighted by molar-refractivity contribution is 0.0746. The van der Waals surface area contributed by atoms with E-state index < -0.39 is 0 Å². The summed E-state index contributed by atoms with van der Waals surface area (Å²) in [6.07, 6.45) is 2.29. The van der Waals surface area contributed by atoms with Crippen LogP contribution in [0.4, 0.5) is 5.82 Å². The van der Waals surface area contributed by atoms with E-state index in [1.807, 2.05) is 37.3 Å². The molecule has 0 radical (unpaired) electrons. The van der Waals surface area contributed by atoms with E-state index in [0.717, 1.165) is 18.5 Å². The van der Waals surface area contributed by atoms with Crippen LogP contribution in [0.2, 0.25) is 0 Å². The highest BCUT2D eigenvalue weighted by Crippen LogP contribution is 2.11. The highest BCUT2D eigenvalue weighted by atomic mass is 16.5. The number of rotatable bonds is 9. The molecule has 1 aromatic heterocycles. The molecule has 6 nitrogen and oxygen atoms in total. The SMILES string of the molecule is CCN(Cc1ccccc1)C(=O)c1cc(NCCCOC)ncn1. The number of hydrogen-bond acceptors (Lipinski definition) is 5. The van der Waals surface area contributed by atoms with Crippen molar-refractivity contribution in [2.75, 3.05) is 32.1 Å². The molecule has 0 unspecified atom stereocenters. The second-order valence-corrected chi connectivity index (χ2v) is 5.37. The summed E-state index contributed by atoms with van der Waals surface area (Å²) < 4.78 is 5.01. The molecule has 1 heterocycles. The van der Waals surface area contributed by atoms with Gasteiger partial charge < -0.3 is 15.0 Å². The van der Waals surface area contributed by atoms with Crippen molar-refractivity contribution in [3.8, 4) is 0 Å². The lowest BCUT2D eigenvalue weighted by Crippen LogP contribution is -2.31. The maximum Gasteiger partial charge on any atom is 0.272 e. The molecular formula is C18H24N4O2. The summed E-state index contributed by atoms with van der Waals surface area (Å²) in [5, 5.41) is 3.18. The minimum Gasteiger partial charge on any atom is -0.385 e. The number of nitrogens with zero attached hydrogens (tertiary/aromatic N) is 3. The van der Waals surface area contributed by atoms with Crippen molar-refractivity contribution in [2.45, 2.75) is 19.9 Å². The van der Waals surface area contributed by atoms with Crippen molar-refractivity contribution < 1.29 is 9.53 Å². The molecule has 6 heteroatoms. The van der Waals surface area contributed by atoms with Gasteiger partial charge in [0.25, 0.3) is 5.91 Å². The first-order valence-electron chi connectivity index (χ1n) is 8.12. The zero-order valence-corrected chi connectivity index (χ0v) is 14.2. The van der Waals surface area contributed by atoms with Crippen molar-refractivity contribution in [2.24, 2.45) is 0 Å². The third kappa shape index (κ3) is 5.31. The van der Waals surface area contributed by atoms with Gasteiger partial charge in [-0.3, -0.25) is 4.79 Å². The smallest absolute Gasteiger partial charge is 0.272 e. The molecular weight excluding hydrogens is 304 g/mol. The van der Waals surface area contributed by atoms with Crippen LogP contribution in [0.15, 0.2) is 42.7 Å². The predicted octanol–water partition coefficient (Wildman–Crippen LogP) is 2.59. The van der Waals surface area contributed by atoms with Crippen molar-refractivity contribution in [3.05, 3.63) is 54.0 Å². The molecule has 2 aromatic rings. The van der Waals surface area contributed by atoms with Gasteiger partial charge in [-0.2, -0.15) is 0 Å². The van der Waals surface area contributed by atoms with Crippen LogP contribution >= 0.6 is 0 Å². The van der Waals surface area contributed by atoms with Gasteiger partial charge in [0, 0.05) is 39.4 Å². The van der Waals surface area contributed by atoms with Crippen LogP contribution < -0.4 is 5.32 Å². The zero-order valence-electron chi connectivity index (χ0n) is 14.2. The number of methoxy groups -OCH3 is 1. The van der Waals surface area contributed by atoms with E-state index in [0.29, 0.717) is 31.2 Å². The molecule has 0 aliphatic carbocycles. The minimum atomic E-state index is -0.0938. The molecule has 0 saturated carbocycles. The fraction of sp³-hybridized carbons (Fsp3) is 0.389. The van der Waals surface area contributed by atoms with E-state index in [2.05, 4.69) is 15.3 Å². The Kier molecular flexibility index (Phi) is 7.17. The molecule has 1 N–H and O–H groups in total. The molecule has 0 spiro atoms. The van der Waals surface area contributed by atoms with Gasteiger partial charge in [0.15, 0.2) is 0 Å². The van der Waals surface area contributed by atoms with Crippen LogP contribution in [-0.4, -0.2) is 47.6 Å². The number of carbonyl (C=O) groups is 1. The Balaban J connectivity index is 2.01. The first-order chi connectivity index (χ1) is 11.7. The summed E-state index contributed by atoms with van der Waals surface area (Å²) in [6.45, 7) is 4.57. The van der Waals surface area contributed by atoms with E-state index in [1.165, 1.54) is 6.33 Å². The Morgan fingerprint density at radius 2 is 2.04 bits per heavy atom. The standard InChI is InChI=1S/C18H24N4O2/c1-3-22(13-15-8-5-4-6-9-15)18(23)16-12-17(21-14-20-16)19-10-7-11-24-2/h4-6,8-9,12,14H,3,7,10-11,13H2,1-2H3,(H,19,20,21). The normalized spacial score (nSPS) is 10.4. The van der Waals surface area contributed by atoms with Gasteiger partial charge in [0.1, 0.15) is 17.8 Å². The predicted molar refractivity (Wildman–Crippen MR) is 93.9 cm³/mol. The Labute approximate surface area is 142 Å². The van der Waals surface area contributed by atoms with Crippen molar-refractivity contribution in [3.63, 3.8) is 0 Å². The summed E-state index contributed by atoms with van der Waals surface area (Å²) in [4.78, 5) is 22.7. The lowest BCUT2D eigenvalue weighted by Gasteiger charge is -2.20. The minimum absolute atomic E-state index is 0.0938. The summed E-state index contributed by atoms with van der Waals surface area (Å²) in [6, 6.07) is 11.6. The third-order valence-electron chi connectivity index (χ3n) is 3.60. The highest BCUT2D eigenvalue weighted by molar-refractivity contribution is 5.92. The van der Waals surface area contributed by atoms with Gasteiger partial charge in [-0.05, 0) is 18.9 Å². The number of aromatic nitrogens is 2. The van der Waals surface area contributed by atoms with Crippen molar-refractivity contribution in [1.29, 1.82) is 0 Å². The number of carbonyl (C=O) groups excluding carboxylic acids is 1. The van der Waals surface area contributed by atoms with Crippen LogP contribution in [0, 0.1) is 0 Å². The largest absolute Gasteiger partial charge is 0.385 e. The second-order valence-electron chi connectivity index (χ2n) is 5.37. The van der Waals surface area contributed by atoms with Crippen LogP contribution in [-0.2, 0) is 11.3 Å². The van der Waals surface area contributed by atoms with Crippen molar-refractivity contribution in [1.82, 2.24) is 14.9 Å². The van der Waals surface area contributed by atoms with E-state index >= 15 is 0 Å². The highest BCUT2D eigenvalue weighted by Gasteiger charge is 2.16. The first kappa shape index (κ1) is 17.9. The van der Waals surface area contributed by atoms with Crippen LogP contribution in [0.25, 0.3) is 0 Å². The zero-order chi connectivity index (χ0) is 17.2. The number of hydrogen-bond donors (Lipinski definition) is 1. The molecule has 0 fully saturated rings. The number of ether oxygens (including phenoxy) is 1. The maximum absolute atomic E-state index is 12.7. The quantitative estimate of drug-likeness (QED) is 0.717. The molecule has 0 aliphatic heterocycles. The Bertz CT molecular complexity index is 634. The fourth-order valence-electron chi connectivity index (χ4n) is 2.30. The Morgan fingerprint density at radius 3 is 2.75 bits per heavy atom. The summed E-state index contributed by atoms with van der Waals surface area (Å²) in [5.74, 6) is 0.559. The van der Waals surface area contributed by atoms with Crippen LogP contribution in [0.5, 0.6) is 0 Å². The van der Waals surface area contributed by atoms with E-state index in [-0.39, 0.29) is 5.91 Å². The third-order valence-corrected chi connectivity index (χ3v) is 3.60. The van der Waals surface area contributed by atoms with Gasteiger partial charge in [-0.15, -0.1) is 0 Å². The summed E-state index contributed by atoms with van der Waals surface area (Å²) in [5.41, 5.74) is 1.50. The number of nitrogens with one attached hydrogen (secondary N) is 1. The molecule has 128 valence electrons. The molecule has 1 amide bonds. The Morgan fingerprint density at radius 1 is 1.25 bits per heavy atom. The van der Waals surface area contributed by atoms with E-state index in [4.69, 9.17) is 4.74 Å². The lowest BCUT2D eigenvalue weighted by atomic mass is 10.2. The van der Waals surface area contributed by atoms with E-state index in [1.54, 1.807) is 18.1 Å². The topological polar surface area (TPSA) is 67.4 Å². The number of anilines is 1. The van der Waals surface area contributed by atoms with Crippen molar-refractivity contribution >= 4 is 11.7 Å². The van der Waals surface area contributed by atoms with Gasteiger partial charge >= 0.3 is 0 Å². The monoisotopic (exact) mass is 328 g/mol. The van der Waals surface area contributed by atoms with Crippen LogP contribution in [0.1, 0.15) is 29.4 Å². The first-order valence-corrected chi connectivity index (χ1v) is 8.12. The Hall–Kier alpha value is -2.47. The molecule has 0 bridgehead atoms. The molecule has 0 aliphatic rings. The maximum atomic E-state index is 12.7. The molecule has 1 aromatic carbocycles. The average molecular weight is 328 g/mol. The van der Waals surface area contributed by atoms with Gasteiger partial charge in [-0.25, -0.2) is 9.97 Å². The van der Waals surface area contributed by atoms with Gasteiger partial charge in [0.05, 0.1) is 0 Å². The molecule has 2 rings (SSSR count). The summed E-state index contributed by atoms with van der Waals surface area (Å²) in [7, 11) is 1.67. The van der Waals surface area contributed by atoms with Crippen LogP contribution in [0.3, 0.4) is 0 Å². The average Bonchev–Trinajstić information content (AvgIpc) is 2.64. The molecule has 0 saturated heterocycles.